The van der Waals surface area contributed by atoms with Gasteiger partial charge in [0.1, 0.15) is 0 Å². The molecule has 1 aromatic rings. The number of hydrazine groups is 1. The zero-order chi connectivity index (χ0) is 11.1. The number of nitrogens with zero attached hydrogens (tertiary/aromatic N) is 1. The lowest BCUT2D eigenvalue weighted by molar-refractivity contribution is 0.189. The number of hydrogen-bond acceptors (Lipinski definition) is 4. The maximum Gasteiger partial charge on any atom is 0.0462 e. The summed E-state index contributed by atoms with van der Waals surface area (Å²) in [6, 6.07) is 4.23. The van der Waals surface area contributed by atoms with E-state index in [1.165, 1.54) is 5.56 Å². The van der Waals surface area contributed by atoms with Crippen molar-refractivity contribution in [3.05, 3.63) is 29.6 Å². The highest BCUT2D eigenvalue weighted by Crippen LogP contribution is 2.17. The van der Waals surface area contributed by atoms with Crippen LogP contribution in [0.15, 0.2) is 18.3 Å². The molecule has 0 amide bonds. The Morgan fingerprint density at radius 1 is 1.60 bits per heavy atom. The van der Waals surface area contributed by atoms with Gasteiger partial charge in [0, 0.05) is 31.6 Å². The van der Waals surface area contributed by atoms with Gasteiger partial charge in [0.15, 0.2) is 0 Å². The van der Waals surface area contributed by atoms with Gasteiger partial charge in [-0.25, -0.2) is 0 Å². The van der Waals surface area contributed by atoms with Crippen molar-refractivity contribution in [2.24, 2.45) is 5.84 Å². The normalized spacial score (nSPS) is 12.7. The van der Waals surface area contributed by atoms with Gasteiger partial charge in [0.05, 0.1) is 0 Å². The minimum Gasteiger partial charge on any atom is -0.385 e. The number of nitrogens with two attached hydrogens (primary N) is 1. The summed E-state index contributed by atoms with van der Waals surface area (Å²) in [5.41, 5.74) is 5.02. The number of rotatable bonds is 6. The lowest BCUT2D eigenvalue weighted by Gasteiger charge is -2.16. The second-order valence-corrected chi connectivity index (χ2v) is 3.58. The quantitative estimate of drug-likeness (QED) is 0.421. The van der Waals surface area contributed by atoms with Crippen LogP contribution < -0.4 is 11.3 Å². The third kappa shape index (κ3) is 3.95. The van der Waals surface area contributed by atoms with E-state index in [0.717, 1.165) is 25.1 Å². The Bertz CT molecular complexity index is 291. The van der Waals surface area contributed by atoms with Crippen LogP contribution in [0.2, 0.25) is 0 Å². The van der Waals surface area contributed by atoms with Gasteiger partial charge in [-0.2, -0.15) is 0 Å². The third-order valence-corrected chi connectivity index (χ3v) is 2.37. The Hall–Kier alpha value is -0.970. The Balaban J connectivity index is 2.57. The predicted octanol–water partition coefficient (Wildman–Crippen LogP) is 1.32. The van der Waals surface area contributed by atoms with Gasteiger partial charge in [-0.1, -0.05) is 0 Å². The topological polar surface area (TPSA) is 60.2 Å². The van der Waals surface area contributed by atoms with Crippen molar-refractivity contribution >= 4 is 0 Å². The summed E-state index contributed by atoms with van der Waals surface area (Å²) in [6.45, 7) is 2.74. The molecule has 0 saturated heterocycles. The molecule has 0 aliphatic carbocycles. The van der Waals surface area contributed by atoms with E-state index < -0.39 is 0 Å². The van der Waals surface area contributed by atoms with Crippen molar-refractivity contribution in [2.45, 2.75) is 25.8 Å². The van der Waals surface area contributed by atoms with Gasteiger partial charge in [0.2, 0.25) is 0 Å². The molecule has 4 nitrogen and oxygen atoms in total. The average molecular weight is 209 g/mol. The van der Waals surface area contributed by atoms with Crippen LogP contribution in [0.5, 0.6) is 0 Å². The first kappa shape index (κ1) is 12.1. The number of pyridine rings is 1. The molecule has 3 N–H and O–H groups in total. The minimum absolute atomic E-state index is 0.182. The maximum atomic E-state index is 5.53. The Labute approximate surface area is 90.8 Å². The summed E-state index contributed by atoms with van der Waals surface area (Å²) in [4.78, 5) is 4.16. The number of methoxy groups -OCH3 is 1. The van der Waals surface area contributed by atoms with Crippen LogP contribution in [-0.2, 0) is 4.74 Å². The molecular weight excluding hydrogens is 190 g/mol. The molecule has 4 heteroatoms. The molecule has 1 aromatic heterocycles. The van der Waals surface area contributed by atoms with Crippen LogP contribution in [0.3, 0.4) is 0 Å². The summed E-state index contributed by atoms with van der Waals surface area (Å²) in [5, 5.41) is 0. The molecule has 84 valence electrons. The number of hydrogen-bond donors (Lipinski definition) is 2. The Morgan fingerprint density at radius 3 is 3.00 bits per heavy atom. The van der Waals surface area contributed by atoms with Crippen molar-refractivity contribution in [1.29, 1.82) is 0 Å². The standard InChI is InChI=1S/C11H19N3O/c1-9-8-10(5-6-13-9)11(14-12)4-3-7-15-2/h5-6,8,11,14H,3-4,7,12H2,1-2H3. The van der Waals surface area contributed by atoms with Gasteiger partial charge in [0.25, 0.3) is 0 Å². The van der Waals surface area contributed by atoms with Crippen LogP contribution >= 0.6 is 0 Å². The molecule has 0 fully saturated rings. The minimum atomic E-state index is 0.182. The van der Waals surface area contributed by atoms with Crippen LogP contribution in [0.1, 0.15) is 30.1 Å². The molecule has 0 spiro atoms. The zero-order valence-electron chi connectivity index (χ0n) is 9.36. The maximum absolute atomic E-state index is 5.53. The van der Waals surface area contributed by atoms with Crippen molar-refractivity contribution in [1.82, 2.24) is 10.4 Å². The molecule has 0 aliphatic heterocycles. The van der Waals surface area contributed by atoms with E-state index in [4.69, 9.17) is 10.6 Å². The number of ether oxygens (including phenoxy) is 1. The second-order valence-electron chi connectivity index (χ2n) is 3.58. The van der Waals surface area contributed by atoms with Gasteiger partial charge in [-0.3, -0.25) is 16.3 Å². The second kappa shape index (κ2) is 6.50. The molecule has 1 atom stereocenters. The molecule has 1 rings (SSSR count). The lowest BCUT2D eigenvalue weighted by Crippen LogP contribution is -2.28. The summed E-state index contributed by atoms with van der Waals surface area (Å²) < 4.78 is 5.02. The number of aromatic nitrogens is 1. The molecular formula is C11H19N3O. The van der Waals surface area contributed by atoms with Crippen molar-refractivity contribution in [2.75, 3.05) is 13.7 Å². The Kier molecular flexibility index (Phi) is 5.25. The molecule has 0 bridgehead atoms. The molecule has 1 unspecified atom stereocenters. The predicted molar refractivity (Wildman–Crippen MR) is 60.1 cm³/mol. The smallest absolute Gasteiger partial charge is 0.0462 e. The van der Waals surface area contributed by atoms with Gasteiger partial charge in [-0.05, 0) is 37.5 Å². The van der Waals surface area contributed by atoms with Crippen molar-refractivity contribution in [3.8, 4) is 0 Å². The molecule has 0 aromatic carbocycles. The first-order chi connectivity index (χ1) is 7.27. The van der Waals surface area contributed by atoms with Crippen LogP contribution in [0.25, 0.3) is 0 Å². The lowest BCUT2D eigenvalue weighted by atomic mass is 10.0. The van der Waals surface area contributed by atoms with Crippen LogP contribution in [-0.4, -0.2) is 18.7 Å². The van der Waals surface area contributed by atoms with E-state index in [0.29, 0.717) is 0 Å². The fraction of sp³-hybridized carbons (Fsp3) is 0.545. The summed E-state index contributed by atoms with van der Waals surface area (Å²) in [5.74, 6) is 5.53. The first-order valence-corrected chi connectivity index (χ1v) is 5.15. The van der Waals surface area contributed by atoms with E-state index in [-0.39, 0.29) is 6.04 Å². The zero-order valence-corrected chi connectivity index (χ0v) is 9.36. The average Bonchev–Trinajstić information content (AvgIpc) is 2.24. The van der Waals surface area contributed by atoms with E-state index in [9.17, 15) is 0 Å². The van der Waals surface area contributed by atoms with Gasteiger partial charge < -0.3 is 4.74 Å². The first-order valence-electron chi connectivity index (χ1n) is 5.15. The molecule has 15 heavy (non-hydrogen) atoms. The highest BCUT2D eigenvalue weighted by atomic mass is 16.5. The highest BCUT2D eigenvalue weighted by molar-refractivity contribution is 5.19. The van der Waals surface area contributed by atoms with E-state index in [2.05, 4.69) is 16.5 Å². The van der Waals surface area contributed by atoms with Gasteiger partial charge in [-0.15, -0.1) is 0 Å². The van der Waals surface area contributed by atoms with Gasteiger partial charge >= 0.3 is 0 Å². The molecule has 0 saturated carbocycles. The Morgan fingerprint density at radius 2 is 2.40 bits per heavy atom. The van der Waals surface area contributed by atoms with Crippen LogP contribution in [0.4, 0.5) is 0 Å². The van der Waals surface area contributed by atoms with Crippen molar-refractivity contribution in [3.63, 3.8) is 0 Å². The molecule has 1 heterocycles. The number of nitrogens with one attached hydrogen (secondary N) is 1. The van der Waals surface area contributed by atoms with Crippen molar-refractivity contribution < 1.29 is 4.74 Å². The van der Waals surface area contributed by atoms with Crippen LogP contribution in [0, 0.1) is 6.92 Å². The molecule has 0 aliphatic rings. The van der Waals surface area contributed by atoms with E-state index in [1.54, 1.807) is 7.11 Å². The highest BCUT2D eigenvalue weighted by Gasteiger charge is 2.09. The van der Waals surface area contributed by atoms with E-state index >= 15 is 0 Å². The fourth-order valence-electron chi connectivity index (χ4n) is 1.56. The van der Waals surface area contributed by atoms with E-state index in [1.807, 2.05) is 19.2 Å². The fourth-order valence-corrected chi connectivity index (χ4v) is 1.56. The summed E-state index contributed by atoms with van der Waals surface area (Å²) in [6.07, 6.45) is 3.77. The summed E-state index contributed by atoms with van der Waals surface area (Å²) in [7, 11) is 1.71. The molecule has 0 radical (unpaired) electrons. The monoisotopic (exact) mass is 209 g/mol. The number of aryl methyl sites for hydroxylation is 1. The largest absolute Gasteiger partial charge is 0.385 e. The summed E-state index contributed by atoms with van der Waals surface area (Å²) >= 11 is 0. The SMILES string of the molecule is COCCCC(NN)c1ccnc(C)c1. The third-order valence-electron chi connectivity index (χ3n) is 2.37.